The van der Waals surface area contributed by atoms with Crippen LogP contribution in [0.1, 0.15) is 55.1 Å². The molecule has 6 heteroatoms. The molecule has 0 spiro atoms. The number of nitrogens with one attached hydrogen (secondary N) is 1. The minimum Gasteiger partial charge on any atom is -0.490 e. The molecule has 1 atom stereocenters. The van der Waals surface area contributed by atoms with Gasteiger partial charge in [0.15, 0.2) is 17.6 Å². The van der Waals surface area contributed by atoms with E-state index in [9.17, 15) is 9.59 Å². The number of rotatable bonds is 10. The quantitative estimate of drug-likeness (QED) is 0.435. The number of amides is 1. The van der Waals surface area contributed by atoms with E-state index < -0.39 is 12.1 Å². The first kappa shape index (κ1) is 23.3. The maximum atomic E-state index is 12.6. The largest absolute Gasteiger partial charge is 0.490 e. The van der Waals surface area contributed by atoms with Crippen molar-refractivity contribution in [3.8, 4) is 11.5 Å². The van der Waals surface area contributed by atoms with E-state index in [1.165, 1.54) is 0 Å². The number of ether oxygens (including phenoxy) is 3. The highest BCUT2D eigenvalue weighted by Gasteiger charge is 2.21. The van der Waals surface area contributed by atoms with Gasteiger partial charge in [-0.05, 0) is 63.4 Å². The van der Waals surface area contributed by atoms with E-state index in [0.29, 0.717) is 30.3 Å². The molecule has 0 fully saturated rings. The normalized spacial score (nSPS) is 11.5. The Hall–Kier alpha value is -3.02. The standard InChI is InChI=1S/C24H31NO5/c1-6-8-14-29-20-13-12-19(15-21(20)28-7-2)24(27)30-18(5)23(26)25-22-16(3)10-9-11-17(22)4/h9-13,15,18H,6-8,14H2,1-5H3,(H,25,26)/t18-/m0/s1. The van der Waals surface area contributed by atoms with Crippen LogP contribution in [-0.2, 0) is 9.53 Å². The van der Waals surface area contributed by atoms with Gasteiger partial charge in [0.2, 0.25) is 0 Å². The van der Waals surface area contributed by atoms with E-state index in [1.54, 1.807) is 25.1 Å². The molecule has 0 saturated carbocycles. The van der Waals surface area contributed by atoms with E-state index in [-0.39, 0.29) is 5.91 Å². The third-order valence-electron chi connectivity index (χ3n) is 4.62. The molecule has 0 bridgehead atoms. The van der Waals surface area contributed by atoms with Crippen LogP contribution in [0.2, 0.25) is 0 Å². The van der Waals surface area contributed by atoms with Crippen molar-refractivity contribution in [3.63, 3.8) is 0 Å². The fraction of sp³-hybridized carbons (Fsp3) is 0.417. The SMILES string of the molecule is CCCCOc1ccc(C(=O)O[C@@H](C)C(=O)Nc2c(C)cccc2C)cc1OCC. The summed E-state index contributed by atoms with van der Waals surface area (Å²) < 4.78 is 16.7. The summed E-state index contributed by atoms with van der Waals surface area (Å²) >= 11 is 0. The van der Waals surface area contributed by atoms with Crippen molar-refractivity contribution < 1.29 is 23.8 Å². The summed E-state index contributed by atoms with van der Waals surface area (Å²) in [4.78, 5) is 25.1. The van der Waals surface area contributed by atoms with Crippen LogP contribution in [0.25, 0.3) is 0 Å². The molecule has 0 radical (unpaired) electrons. The summed E-state index contributed by atoms with van der Waals surface area (Å²) in [7, 11) is 0. The zero-order valence-electron chi connectivity index (χ0n) is 18.4. The predicted octanol–water partition coefficient (Wildman–Crippen LogP) is 5.07. The second kappa shape index (κ2) is 11.2. The molecule has 0 aromatic heterocycles. The molecule has 2 aromatic carbocycles. The average Bonchev–Trinajstić information content (AvgIpc) is 2.72. The van der Waals surface area contributed by atoms with Gasteiger partial charge in [-0.1, -0.05) is 31.5 Å². The second-order valence-electron chi connectivity index (χ2n) is 7.10. The van der Waals surface area contributed by atoms with Crippen LogP contribution < -0.4 is 14.8 Å². The number of hydrogen-bond donors (Lipinski definition) is 1. The first-order chi connectivity index (χ1) is 14.4. The number of carbonyl (C=O) groups is 2. The van der Waals surface area contributed by atoms with Gasteiger partial charge >= 0.3 is 5.97 Å². The molecule has 6 nitrogen and oxygen atoms in total. The molecule has 2 aromatic rings. The van der Waals surface area contributed by atoms with Crippen LogP contribution in [-0.4, -0.2) is 31.2 Å². The van der Waals surface area contributed by atoms with Gasteiger partial charge in [0.25, 0.3) is 5.91 Å². The predicted molar refractivity (Wildman–Crippen MR) is 117 cm³/mol. The first-order valence-corrected chi connectivity index (χ1v) is 10.3. The van der Waals surface area contributed by atoms with Crippen LogP contribution in [0.5, 0.6) is 11.5 Å². The van der Waals surface area contributed by atoms with Crippen LogP contribution in [0, 0.1) is 13.8 Å². The topological polar surface area (TPSA) is 73.9 Å². The lowest BCUT2D eigenvalue weighted by atomic mass is 10.1. The number of benzene rings is 2. The van der Waals surface area contributed by atoms with E-state index in [0.717, 1.165) is 29.7 Å². The zero-order chi connectivity index (χ0) is 22.1. The molecular weight excluding hydrogens is 382 g/mol. The Morgan fingerprint density at radius 2 is 1.70 bits per heavy atom. The van der Waals surface area contributed by atoms with Gasteiger partial charge in [-0.15, -0.1) is 0 Å². The minimum atomic E-state index is -0.951. The molecule has 1 N–H and O–H groups in total. The minimum absolute atomic E-state index is 0.299. The maximum Gasteiger partial charge on any atom is 0.339 e. The molecule has 0 aliphatic heterocycles. The number of aryl methyl sites for hydroxylation is 2. The van der Waals surface area contributed by atoms with E-state index in [2.05, 4.69) is 12.2 Å². The lowest BCUT2D eigenvalue weighted by Gasteiger charge is -2.17. The van der Waals surface area contributed by atoms with Crippen LogP contribution in [0.3, 0.4) is 0 Å². The smallest absolute Gasteiger partial charge is 0.339 e. The monoisotopic (exact) mass is 413 g/mol. The Bertz CT molecular complexity index is 858. The third kappa shape index (κ3) is 6.24. The Labute approximate surface area is 178 Å². The van der Waals surface area contributed by atoms with Gasteiger partial charge in [-0.2, -0.15) is 0 Å². The van der Waals surface area contributed by atoms with E-state index in [4.69, 9.17) is 14.2 Å². The highest BCUT2D eigenvalue weighted by atomic mass is 16.5. The van der Waals surface area contributed by atoms with Crippen molar-refractivity contribution >= 4 is 17.6 Å². The fourth-order valence-corrected chi connectivity index (χ4v) is 2.87. The lowest BCUT2D eigenvalue weighted by molar-refractivity contribution is -0.123. The van der Waals surface area contributed by atoms with Crippen molar-refractivity contribution in [1.29, 1.82) is 0 Å². The number of hydrogen-bond acceptors (Lipinski definition) is 5. The Morgan fingerprint density at radius 1 is 1.00 bits per heavy atom. The van der Waals surface area contributed by atoms with E-state index >= 15 is 0 Å². The van der Waals surface area contributed by atoms with Gasteiger partial charge in [0.1, 0.15) is 0 Å². The van der Waals surface area contributed by atoms with Gasteiger partial charge < -0.3 is 19.5 Å². The van der Waals surface area contributed by atoms with Crippen molar-refractivity contribution in [3.05, 3.63) is 53.1 Å². The number of carbonyl (C=O) groups excluding carboxylic acids is 2. The fourth-order valence-electron chi connectivity index (χ4n) is 2.87. The van der Waals surface area contributed by atoms with E-state index in [1.807, 2.05) is 39.0 Å². The molecule has 0 heterocycles. The van der Waals surface area contributed by atoms with Crippen molar-refractivity contribution in [2.24, 2.45) is 0 Å². The van der Waals surface area contributed by atoms with Gasteiger partial charge in [-0.25, -0.2) is 4.79 Å². The molecule has 162 valence electrons. The molecule has 2 rings (SSSR count). The summed E-state index contributed by atoms with van der Waals surface area (Å²) in [6.45, 7) is 10.3. The van der Waals surface area contributed by atoms with Crippen molar-refractivity contribution in [2.75, 3.05) is 18.5 Å². The number of para-hydroxylation sites is 1. The van der Waals surface area contributed by atoms with Crippen LogP contribution in [0.15, 0.2) is 36.4 Å². The molecule has 0 unspecified atom stereocenters. The molecule has 1 amide bonds. The molecule has 0 aliphatic rings. The van der Waals surface area contributed by atoms with Gasteiger partial charge in [-0.3, -0.25) is 4.79 Å². The lowest BCUT2D eigenvalue weighted by Crippen LogP contribution is -2.30. The molecule has 30 heavy (non-hydrogen) atoms. The highest BCUT2D eigenvalue weighted by Crippen LogP contribution is 2.29. The molecule has 0 aliphatic carbocycles. The second-order valence-corrected chi connectivity index (χ2v) is 7.10. The molecular formula is C24H31NO5. The molecule has 0 saturated heterocycles. The maximum absolute atomic E-state index is 12.6. The number of esters is 1. The summed E-state index contributed by atoms with van der Waals surface area (Å²) in [5.74, 6) is 0.0869. The van der Waals surface area contributed by atoms with Crippen LogP contribution in [0.4, 0.5) is 5.69 Å². The average molecular weight is 414 g/mol. The van der Waals surface area contributed by atoms with Gasteiger partial charge in [0.05, 0.1) is 18.8 Å². The van der Waals surface area contributed by atoms with Crippen molar-refractivity contribution in [2.45, 2.75) is 53.6 Å². The summed E-state index contributed by atoms with van der Waals surface area (Å²) in [5.41, 5.74) is 2.93. The summed E-state index contributed by atoms with van der Waals surface area (Å²) in [5, 5.41) is 2.84. The Morgan fingerprint density at radius 3 is 2.33 bits per heavy atom. The van der Waals surface area contributed by atoms with Gasteiger partial charge in [0, 0.05) is 5.69 Å². The number of anilines is 1. The van der Waals surface area contributed by atoms with Crippen molar-refractivity contribution in [1.82, 2.24) is 0 Å². The highest BCUT2D eigenvalue weighted by molar-refractivity contribution is 5.98. The first-order valence-electron chi connectivity index (χ1n) is 10.3. The van der Waals surface area contributed by atoms with Crippen LogP contribution >= 0.6 is 0 Å². The third-order valence-corrected chi connectivity index (χ3v) is 4.62. The Kier molecular flexibility index (Phi) is 8.71. The zero-order valence-corrected chi connectivity index (χ0v) is 18.4. The summed E-state index contributed by atoms with van der Waals surface area (Å²) in [6.07, 6.45) is 1.01. The Balaban J connectivity index is 2.06. The number of unbranched alkanes of at least 4 members (excludes halogenated alkanes) is 1. The summed E-state index contributed by atoms with van der Waals surface area (Å²) in [6, 6.07) is 10.6.